The van der Waals surface area contributed by atoms with Gasteiger partial charge in [-0.1, -0.05) is 17.7 Å². The topological polar surface area (TPSA) is 63.1 Å². The summed E-state index contributed by atoms with van der Waals surface area (Å²) in [6.45, 7) is 5.11. The molecule has 10 heteroatoms. The average molecular weight is 452 g/mol. The van der Waals surface area contributed by atoms with Gasteiger partial charge in [0.05, 0.1) is 18.8 Å². The highest BCUT2D eigenvalue weighted by molar-refractivity contribution is 7.14. The van der Waals surface area contributed by atoms with Crippen molar-refractivity contribution in [2.45, 2.75) is 40.0 Å². The van der Waals surface area contributed by atoms with Crippen molar-refractivity contribution in [2.24, 2.45) is 0 Å². The van der Waals surface area contributed by atoms with Crippen LogP contribution in [0.1, 0.15) is 22.5 Å². The Kier molecular flexibility index (Phi) is 6.80. The lowest BCUT2D eigenvalue weighted by Crippen LogP contribution is -2.31. The van der Waals surface area contributed by atoms with E-state index in [0.29, 0.717) is 5.13 Å². The van der Waals surface area contributed by atoms with Crippen molar-refractivity contribution >= 4 is 22.4 Å². The molecule has 0 aliphatic heterocycles. The quantitative estimate of drug-likeness (QED) is 0.572. The number of anilines is 1. The van der Waals surface area contributed by atoms with Gasteiger partial charge in [0.2, 0.25) is 5.91 Å². The summed E-state index contributed by atoms with van der Waals surface area (Å²) in [5.74, 6) is -0.0517. The predicted molar refractivity (Wildman–Crippen MR) is 115 cm³/mol. The number of carbonyl (C=O) groups excluding carboxylic acids is 1. The number of benzene rings is 1. The van der Waals surface area contributed by atoms with Gasteiger partial charge in [0, 0.05) is 23.3 Å². The minimum atomic E-state index is -4.33. The zero-order valence-electron chi connectivity index (χ0n) is 17.7. The van der Waals surface area contributed by atoms with E-state index in [1.807, 2.05) is 26.2 Å². The van der Waals surface area contributed by atoms with Crippen LogP contribution in [0.5, 0.6) is 0 Å². The molecule has 0 saturated heterocycles. The lowest BCUT2D eigenvalue weighted by atomic mass is 9.98. The summed E-state index contributed by atoms with van der Waals surface area (Å²) in [5.41, 5.74) is 5.28. The van der Waals surface area contributed by atoms with Crippen LogP contribution in [0.3, 0.4) is 0 Å². The van der Waals surface area contributed by atoms with Crippen LogP contribution < -0.4 is 5.32 Å². The van der Waals surface area contributed by atoms with Gasteiger partial charge in [-0.2, -0.15) is 13.2 Å². The van der Waals surface area contributed by atoms with E-state index in [1.165, 1.54) is 29.3 Å². The maximum absolute atomic E-state index is 12.7. The molecular formula is C21H24F3N5OS. The van der Waals surface area contributed by atoms with Crippen molar-refractivity contribution in [3.63, 3.8) is 0 Å². The SMILES string of the molecule is Cc1cc(C)c(-c2csc(NC(=O)CN(C)Cc3nccn3CC(F)(F)F)n2)c(C)c1. The smallest absolute Gasteiger partial charge is 0.325 e. The molecule has 0 unspecified atom stereocenters. The Balaban J connectivity index is 1.60. The van der Waals surface area contributed by atoms with E-state index in [9.17, 15) is 18.0 Å². The predicted octanol–water partition coefficient (Wildman–Crippen LogP) is 4.56. The van der Waals surface area contributed by atoms with Gasteiger partial charge in [-0.15, -0.1) is 11.3 Å². The second-order valence-electron chi connectivity index (χ2n) is 7.62. The Morgan fingerprint density at radius 1 is 1.23 bits per heavy atom. The lowest BCUT2D eigenvalue weighted by molar-refractivity contribution is -0.141. The molecular weight excluding hydrogens is 427 g/mol. The van der Waals surface area contributed by atoms with Gasteiger partial charge in [0.1, 0.15) is 12.4 Å². The number of alkyl halides is 3. The van der Waals surface area contributed by atoms with Crippen molar-refractivity contribution in [2.75, 3.05) is 18.9 Å². The van der Waals surface area contributed by atoms with Crippen LogP contribution in [-0.4, -0.2) is 45.1 Å². The molecule has 166 valence electrons. The largest absolute Gasteiger partial charge is 0.406 e. The lowest BCUT2D eigenvalue weighted by Gasteiger charge is -2.17. The number of nitrogens with zero attached hydrogens (tertiary/aromatic N) is 4. The first-order valence-corrected chi connectivity index (χ1v) is 10.5. The number of hydrogen-bond acceptors (Lipinski definition) is 5. The Morgan fingerprint density at radius 2 is 1.90 bits per heavy atom. The normalized spacial score (nSPS) is 11.9. The third kappa shape index (κ3) is 6.14. The molecule has 0 aliphatic carbocycles. The fourth-order valence-electron chi connectivity index (χ4n) is 3.56. The molecule has 2 aromatic heterocycles. The number of likely N-dealkylation sites (N-methyl/N-ethyl adjacent to an activating group) is 1. The zero-order chi connectivity index (χ0) is 22.8. The highest BCUT2D eigenvalue weighted by Crippen LogP contribution is 2.31. The highest BCUT2D eigenvalue weighted by atomic mass is 32.1. The summed E-state index contributed by atoms with van der Waals surface area (Å²) >= 11 is 1.33. The minimum Gasteiger partial charge on any atom is -0.325 e. The van der Waals surface area contributed by atoms with Crippen LogP contribution in [0.4, 0.5) is 18.3 Å². The van der Waals surface area contributed by atoms with E-state index in [0.717, 1.165) is 27.0 Å². The first-order valence-electron chi connectivity index (χ1n) is 9.60. The monoisotopic (exact) mass is 451 g/mol. The molecule has 0 atom stereocenters. The summed E-state index contributed by atoms with van der Waals surface area (Å²) in [6, 6.07) is 4.19. The van der Waals surface area contributed by atoms with Gasteiger partial charge in [-0.3, -0.25) is 9.69 Å². The number of nitrogens with one attached hydrogen (secondary N) is 1. The number of hydrogen-bond donors (Lipinski definition) is 1. The van der Waals surface area contributed by atoms with Gasteiger partial charge in [0.15, 0.2) is 5.13 Å². The van der Waals surface area contributed by atoms with Gasteiger partial charge < -0.3 is 9.88 Å². The molecule has 3 aromatic rings. The second-order valence-corrected chi connectivity index (χ2v) is 8.48. The van der Waals surface area contributed by atoms with E-state index in [4.69, 9.17) is 0 Å². The average Bonchev–Trinajstić information content (AvgIpc) is 3.22. The molecule has 0 fully saturated rings. The summed E-state index contributed by atoms with van der Waals surface area (Å²) in [7, 11) is 1.65. The van der Waals surface area contributed by atoms with E-state index in [-0.39, 0.29) is 24.8 Å². The molecule has 3 rings (SSSR count). The zero-order valence-corrected chi connectivity index (χ0v) is 18.6. The van der Waals surface area contributed by atoms with Crippen LogP contribution >= 0.6 is 11.3 Å². The van der Waals surface area contributed by atoms with E-state index in [2.05, 4.69) is 27.4 Å². The molecule has 31 heavy (non-hydrogen) atoms. The van der Waals surface area contributed by atoms with Gasteiger partial charge >= 0.3 is 6.18 Å². The number of imidazole rings is 1. The Hall–Kier alpha value is -2.72. The van der Waals surface area contributed by atoms with Crippen LogP contribution in [0.2, 0.25) is 0 Å². The molecule has 2 heterocycles. The second kappa shape index (κ2) is 9.19. The van der Waals surface area contributed by atoms with E-state index < -0.39 is 12.7 Å². The number of carbonyl (C=O) groups is 1. The Labute approximate surface area is 182 Å². The summed E-state index contributed by atoms with van der Waals surface area (Å²) in [4.78, 5) is 22.5. The van der Waals surface area contributed by atoms with Crippen molar-refractivity contribution in [3.8, 4) is 11.3 Å². The van der Waals surface area contributed by atoms with Crippen LogP contribution in [0, 0.1) is 20.8 Å². The van der Waals surface area contributed by atoms with Crippen LogP contribution in [0.15, 0.2) is 29.9 Å². The number of thiazole rings is 1. The maximum Gasteiger partial charge on any atom is 0.406 e. The fourth-order valence-corrected chi connectivity index (χ4v) is 4.28. The van der Waals surface area contributed by atoms with Gasteiger partial charge in [-0.25, -0.2) is 9.97 Å². The highest BCUT2D eigenvalue weighted by Gasteiger charge is 2.29. The Morgan fingerprint density at radius 3 is 2.55 bits per heavy atom. The number of amides is 1. The number of rotatable bonds is 7. The third-order valence-electron chi connectivity index (χ3n) is 4.66. The van der Waals surface area contributed by atoms with Crippen molar-refractivity contribution in [1.29, 1.82) is 0 Å². The van der Waals surface area contributed by atoms with E-state index in [1.54, 1.807) is 11.9 Å². The molecule has 0 radical (unpaired) electrons. The first-order chi connectivity index (χ1) is 14.5. The molecule has 1 amide bonds. The molecule has 6 nitrogen and oxygen atoms in total. The standard InChI is InChI=1S/C21H24F3N5OS/c1-13-7-14(2)19(15(3)8-13)16-11-31-20(26-16)27-18(30)10-28(4)9-17-25-5-6-29(17)12-21(22,23)24/h5-8,11H,9-10,12H2,1-4H3,(H,26,27,30). The summed E-state index contributed by atoms with van der Waals surface area (Å²) < 4.78 is 39.0. The molecule has 0 spiro atoms. The molecule has 1 N–H and O–H groups in total. The Bertz CT molecular complexity index is 1050. The van der Waals surface area contributed by atoms with Gasteiger partial charge in [-0.05, 0) is 38.9 Å². The van der Waals surface area contributed by atoms with E-state index >= 15 is 0 Å². The van der Waals surface area contributed by atoms with Crippen molar-refractivity contribution < 1.29 is 18.0 Å². The van der Waals surface area contributed by atoms with Gasteiger partial charge in [0.25, 0.3) is 0 Å². The molecule has 0 bridgehead atoms. The first kappa shape index (κ1) is 23.0. The van der Waals surface area contributed by atoms with Crippen LogP contribution in [-0.2, 0) is 17.9 Å². The number of aryl methyl sites for hydroxylation is 3. The third-order valence-corrected chi connectivity index (χ3v) is 5.42. The fraction of sp³-hybridized carbons (Fsp3) is 0.381. The number of aromatic nitrogens is 3. The van der Waals surface area contributed by atoms with Crippen molar-refractivity contribution in [1.82, 2.24) is 19.4 Å². The molecule has 0 saturated carbocycles. The summed E-state index contributed by atoms with van der Waals surface area (Å²) in [5, 5.41) is 5.14. The van der Waals surface area contributed by atoms with Crippen molar-refractivity contribution in [3.05, 3.63) is 52.4 Å². The minimum absolute atomic E-state index is 0.00359. The number of halogens is 3. The summed E-state index contributed by atoms with van der Waals surface area (Å²) in [6.07, 6.45) is -1.73. The molecule has 1 aromatic carbocycles. The molecule has 0 aliphatic rings. The van der Waals surface area contributed by atoms with Crippen LogP contribution in [0.25, 0.3) is 11.3 Å². The maximum atomic E-state index is 12.7.